The van der Waals surface area contributed by atoms with Gasteiger partial charge in [0.2, 0.25) is 0 Å². The average molecular weight is 783 g/mol. The molecular weight excluding hydrogens is 742 g/mol. The number of esters is 2. The topological polar surface area (TPSA) is 127 Å². The number of hydrogen-bond acceptors (Lipinski definition) is 8. The summed E-state index contributed by atoms with van der Waals surface area (Å²) in [5.41, 5.74) is 4.80. The van der Waals surface area contributed by atoms with Crippen molar-refractivity contribution in [2.45, 2.75) is 13.8 Å². The first kappa shape index (κ1) is 39.8. The van der Waals surface area contributed by atoms with Crippen LogP contribution >= 0.6 is 14.3 Å². The Kier molecular flexibility index (Phi) is 12.6. The second kappa shape index (κ2) is 17.7. The van der Waals surface area contributed by atoms with E-state index < -0.39 is 26.2 Å². The van der Waals surface area contributed by atoms with E-state index in [1.807, 2.05) is 170 Å². The molecule has 0 saturated heterocycles. The molecule has 8 nitrogen and oxygen atoms in total. The van der Waals surface area contributed by atoms with Crippen molar-refractivity contribution in [2.24, 2.45) is 0 Å². The Morgan fingerprint density at radius 1 is 0.446 bits per heavy atom. The van der Waals surface area contributed by atoms with E-state index >= 15 is 0 Å². The number of fused-ring (bicyclic) bond motifs is 2. The molecule has 6 aromatic carbocycles. The first-order valence-electron chi connectivity index (χ1n) is 18.0. The van der Waals surface area contributed by atoms with E-state index in [2.05, 4.69) is 0 Å². The lowest BCUT2D eigenvalue weighted by Crippen LogP contribution is -2.19. The molecule has 0 aliphatic carbocycles. The van der Waals surface area contributed by atoms with Gasteiger partial charge in [0.05, 0.1) is 13.2 Å². The summed E-state index contributed by atoms with van der Waals surface area (Å²) in [5, 5.41) is 15.2. The second-order valence-electron chi connectivity index (χ2n) is 12.5. The second-order valence-corrected chi connectivity index (χ2v) is 17.9. The lowest BCUT2D eigenvalue weighted by Gasteiger charge is -2.17. The van der Waals surface area contributed by atoms with Gasteiger partial charge in [0, 0.05) is 32.4 Å². The SMILES string of the molecule is CCOC(=O)C1=C(c2ccccc2)c2ccccc2[P@@]1(=O)c1ccccc1.CCOC(=O)C1=C(c2ccccc2)c2ccccc2[P@]1(=O)c1ccccc1.OO. The molecule has 0 radical (unpaired) electrons. The Balaban J connectivity index is 0.000000182. The van der Waals surface area contributed by atoms with Crippen LogP contribution in [0.5, 0.6) is 0 Å². The van der Waals surface area contributed by atoms with Crippen LogP contribution in [0.2, 0.25) is 0 Å². The van der Waals surface area contributed by atoms with Crippen molar-refractivity contribution in [2.75, 3.05) is 13.2 Å². The van der Waals surface area contributed by atoms with Gasteiger partial charge in [0.25, 0.3) is 0 Å². The molecule has 0 spiro atoms. The highest BCUT2D eigenvalue weighted by atomic mass is 31.2. The van der Waals surface area contributed by atoms with E-state index in [1.54, 1.807) is 13.8 Å². The first-order valence-corrected chi connectivity index (χ1v) is 21.4. The van der Waals surface area contributed by atoms with E-state index in [0.717, 1.165) is 22.3 Å². The van der Waals surface area contributed by atoms with E-state index in [0.29, 0.717) is 32.4 Å². The van der Waals surface area contributed by atoms with Crippen LogP contribution in [0.15, 0.2) is 180 Å². The van der Waals surface area contributed by atoms with E-state index in [1.165, 1.54) is 0 Å². The molecule has 0 bridgehead atoms. The maximum Gasteiger partial charge on any atom is 0.342 e. The minimum atomic E-state index is -3.32. The zero-order chi connectivity index (χ0) is 39.7. The van der Waals surface area contributed by atoms with Crippen LogP contribution in [0.25, 0.3) is 11.1 Å². The third-order valence-corrected chi connectivity index (χ3v) is 15.7. The van der Waals surface area contributed by atoms with Gasteiger partial charge in [0.15, 0.2) is 14.3 Å². The summed E-state index contributed by atoms with van der Waals surface area (Å²) < 4.78 is 39.7. The molecule has 2 N–H and O–H groups in total. The summed E-state index contributed by atoms with van der Waals surface area (Å²) >= 11 is 0. The van der Waals surface area contributed by atoms with Crippen LogP contribution in [-0.4, -0.2) is 35.7 Å². The maximum atomic E-state index is 14.5. The summed E-state index contributed by atoms with van der Waals surface area (Å²) in [6, 6.07) is 52.8. The summed E-state index contributed by atoms with van der Waals surface area (Å²) in [6.07, 6.45) is 0. The molecule has 0 amide bonds. The monoisotopic (exact) mass is 782 g/mol. The van der Waals surface area contributed by atoms with Crippen molar-refractivity contribution >= 4 is 58.6 Å². The van der Waals surface area contributed by atoms with Crippen LogP contribution in [0.4, 0.5) is 0 Å². The minimum absolute atomic E-state index is 0.232. The summed E-state index contributed by atoms with van der Waals surface area (Å²) in [5.74, 6) is -1.03. The molecule has 8 rings (SSSR count). The van der Waals surface area contributed by atoms with Gasteiger partial charge in [-0.1, -0.05) is 170 Å². The highest BCUT2D eigenvalue weighted by molar-refractivity contribution is 7.84. The molecule has 2 aliphatic heterocycles. The van der Waals surface area contributed by atoms with Crippen molar-refractivity contribution in [1.29, 1.82) is 0 Å². The van der Waals surface area contributed by atoms with E-state index in [-0.39, 0.29) is 23.8 Å². The van der Waals surface area contributed by atoms with Crippen LogP contribution in [0.3, 0.4) is 0 Å². The Morgan fingerprint density at radius 3 is 1.05 bits per heavy atom. The molecule has 56 heavy (non-hydrogen) atoms. The molecule has 282 valence electrons. The maximum absolute atomic E-state index is 14.5. The standard InChI is InChI=1S/2C23H19O3P.H2O2/c2*1-2-26-23(24)22-21(17-11-5-3-6-12-17)19-15-9-10-16-20(19)27(22,25)18-13-7-4-8-14-18;1-2/h2*3-16H,2H2,1H3;1-2H/t2*27-;/m10./s1. The molecule has 0 unspecified atom stereocenters. The third kappa shape index (κ3) is 7.16. The zero-order valence-corrected chi connectivity index (χ0v) is 32.6. The minimum Gasteiger partial charge on any atom is -0.462 e. The molecule has 2 aliphatic rings. The van der Waals surface area contributed by atoms with Gasteiger partial charge < -0.3 is 18.6 Å². The summed E-state index contributed by atoms with van der Waals surface area (Å²) in [6.45, 7) is 3.98. The van der Waals surface area contributed by atoms with Crippen LogP contribution in [0, 0.1) is 0 Å². The van der Waals surface area contributed by atoms with E-state index in [9.17, 15) is 18.7 Å². The fraction of sp³-hybridized carbons (Fsp3) is 0.0870. The van der Waals surface area contributed by atoms with Crippen LogP contribution < -0.4 is 21.2 Å². The van der Waals surface area contributed by atoms with Crippen molar-refractivity contribution in [3.05, 3.63) is 203 Å². The zero-order valence-electron chi connectivity index (χ0n) is 30.8. The van der Waals surface area contributed by atoms with Gasteiger partial charge in [-0.3, -0.25) is 10.5 Å². The van der Waals surface area contributed by atoms with Crippen molar-refractivity contribution in [1.82, 2.24) is 0 Å². The Bertz CT molecular complexity index is 2320. The van der Waals surface area contributed by atoms with Crippen molar-refractivity contribution in [3.63, 3.8) is 0 Å². The molecule has 0 fully saturated rings. The van der Waals surface area contributed by atoms with Gasteiger partial charge in [-0.25, -0.2) is 9.59 Å². The van der Waals surface area contributed by atoms with Gasteiger partial charge in [-0.05, 0) is 36.1 Å². The quantitative estimate of drug-likeness (QED) is 0.0680. The summed E-state index contributed by atoms with van der Waals surface area (Å²) in [4.78, 5) is 26.1. The highest BCUT2D eigenvalue weighted by Crippen LogP contribution is 2.62. The van der Waals surface area contributed by atoms with Crippen molar-refractivity contribution in [3.8, 4) is 0 Å². The van der Waals surface area contributed by atoms with Gasteiger partial charge in [-0.15, -0.1) is 0 Å². The number of benzene rings is 6. The van der Waals surface area contributed by atoms with E-state index in [4.69, 9.17) is 20.0 Å². The normalized spacial score (nSPS) is 17.7. The Hall–Kier alpha value is -5.88. The highest BCUT2D eigenvalue weighted by Gasteiger charge is 2.48. The summed E-state index contributed by atoms with van der Waals surface area (Å²) in [7, 11) is -6.65. The lowest BCUT2D eigenvalue weighted by atomic mass is 9.98. The largest absolute Gasteiger partial charge is 0.462 e. The molecule has 0 aromatic heterocycles. The number of ether oxygens (including phenoxy) is 2. The third-order valence-electron chi connectivity index (χ3n) is 9.43. The Morgan fingerprint density at radius 2 is 0.732 bits per heavy atom. The average Bonchev–Trinajstić information content (AvgIpc) is 3.70. The molecule has 0 saturated carbocycles. The molecule has 10 heteroatoms. The number of carbonyl (C=O) groups is 2. The first-order chi connectivity index (χ1) is 27.3. The molecule has 2 atom stereocenters. The fourth-order valence-corrected chi connectivity index (χ4v) is 13.4. The van der Waals surface area contributed by atoms with Gasteiger partial charge in [-0.2, -0.15) is 0 Å². The van der Waals surface area contributed by atoms with Crippen LogP contribution in [-0.2, 0) is 28.2 Å². The van der Waals surface area contributed by atoms with Gasteiger partial charge >= 0.3 is 11.9 Å². The fourth-order valence-electron chi connectivity index (χ4n) is 7.20. The predicted molar refractivity (Wildman–Crippen MR) is 223 cm³/mol. The molecular formula is C46H40O8P2. The van der Waals surface area contributed by atoms with Crippen LogP contribution in [0.1, 0.15) is 36.1 Å². The van der Waals surface area contributed by atoms with Gasteiger partial charge in [0.1, 0.15) is 10.6 Å². The molecule has 6 aromatic rings. The number of hydrogen-bond donors (Lipinski definition) is 2. The molecule has 2 heterocycles. The predicted octanol–water partition coefficient (Wildman–Crippen LogP) is 8.69. The van der Waals surface area contributed by atoms with Crippen molar-refractivity contribution < 1.29 is 38.7 Å². The Labute approximate surface area is 326 Å². The number of rotatable bonds is 8. The lowest BCUT2D eigenvalue weighted by molar-refractivity contribution is -0.176. The number of carbonyl (C=O) groups excluding carboxylic acids is 2. The smallest absolute Gasteiger partial charge is 0.342 e.